The summed E-state index contributed by atoms with van der Waals surface area (Å²) in [6.45, 7) is 6.78. The number of hydrogen-bond donors (Lipinski definition) is 0. The first-order chi connectivity index (χ1) is 11.5. The van der Waals surface area contributed by atoms with Crippen LogP contribution >= 0.6 is 0 Å². The minimum Gasteiger partial charge on any atom is -0.494 e. The van der Waals surface area contributed by atoms with Crippen molar-refractivity contribution in [2.24, 2.45) is 5.92 Å². The third-order valence-corrected chi connectivity index (χ3v) is 4.14. The number of benzene rings is 1. The van der Waals surface area contributed by atoms with E-state index in [4.69, 9.17) is 4.74 Å². The van der Waals surface area contributed by atoms with Crippen LogP contribution < -0.4 is 9.64 Å². The number of aryl methyl sites for hydroxylation is 2. The maximum absolute atomic E-state index is 12.7. The second-order valence-corrected chi connectivity index (χ2v) is 6.00. The first-order valence-corrected chi connectivity index (χ1v) is 8.10. The molecule has 2 amide bonds. The van der Waals surface area contributed by atoms with E-state index < -0.39 is 0 Å². The van der Waals surface area contributed by atoms with Crippen molar-refractivity contribution in [3.63, 3.8) is 0 Å². The van der Waals surface area contributed by atoms with Gasteiger partial charge >= 0.3 is 0 Å². The standard InChI is InChI=1S/C18H21N3O3/c1-4-24-16-7-5-15(6-8-16)21-17(22)10-14(18(21)23)11-20-13(3)9-12(2)19-20/h5-9,14H,4,10-11H2,1-3H3. The first-order valence-electron chi connectivity index (χ1n) is 8.10. The van der Waals surface area contributed by atoms with E-state index in [0.29, 0.717) is 18.8 Å². The summed E-state index contributed by atoms with van der Waals surface area (Å²) in [5, 5.41) is 4.38. The quantitative estimate of drug-likeness (QED) is 0.792. The van der Waals surface area contributed by atoms with Gasteiger partial charge in [0, 0.05) is 12.1 Å². The number of ether oxygens (including phenoxy) is 1. The number of carbonyl (C=O) groups excluding carboxylic acids is 2. The Balaban J connectivity index is 1.77. The summed E-state index contributed by atoms with van der Waals surface area (Å²) in [4.78, 5) is 26.3. The number of imide groups is 1. The molecule has 3 rings (SSSR count). The molecule has 0 saturated carbocycles. The maximum Gasteiger partial charge on any atom is 0.239 e. The van der Waals surface area contributed by atoms with Gasteiger partial charge in [0.2, 0.25) is 11.8 Å². The zero-order valence-electron chi connectivity index (χ0n) is 14.2. The van der Waals surface area contributed by atoms with Crippen molar-refractivity contribution in [1.82, 2.24) is 9.78 Å². The average Bonchev–Trinajstić information content (AvgIpc) is 3.00. The lowest BCUT2D eigenvalue weighted by molar-refractivity contribution is -0.122. The Kier molecular flexibility index (Phi) is 4.38. The van der Waals surface area contributed by atoms with Crippen LogP contribution in [-0.4, -0.2) is 28.2 Å². The molecule has 1 aliphatic heterocycles. The van der Waals surface area contributed by atoms with Gasteiger partial charge in [-0.25, -0.2) is 0 Å². The van der Waals surface area contributed by atoms with E-state index in [2.05, 4.69) is 5.10 Å². The predicted molar refractivity (Wildman–Crippen MR) is 89.9 cm³/mol. The minimum absolute atomic E-state index is 0.170. The number of aromatic nitrogens is 2. The lowest BCUT2D eigenvalue weighted by atomic mass is 10.1. The largest absolute Gasteiger partial charge is 0.494 e. The first kappa shape index (κ1) is 16.2. The van der Waals surface area contributed by atoms with Crippen LogP contribution in [0.15, 0.2) is 30.3 Å². The summed E-state index contributed by atoms with van der Waals surface area (Å²) in [7, 11) is 0. The van der Waals surface area contributed by atoms with Crippen LogP contribution in [0.4, 0.5) is 5.69 Å². The Morgan fingerprint density at radius 1 is 1.21 bits per heavy atom. The molecule has 6 nitrogen and oxygen atoms in total. The molecule has 1 aromatic heterocycles. The highest BCUT2D eigenvalue weighted by molar-refractivity contribution is 6.20. The highest BCUT2D eigenvalue weighted by Crippen LogP contribution is 2.29. The van der Waals surface area contributed by atoms with Crippen LogP contribution in [0, 0.1) is 19.8 Å². The number of anilines is 1. The molecular weight excluding hydrogens is 306 g/mol. The van der Waals surface area contributed by atoms with E-state index in [1.54, 1.807) is 28.9 Å². The van der Waals surface area contributed by atoms with Gasteiger partial charge in [-0.2, -0.15) is 5.10 Å². The fourth-order valence-electron chi connectivity index (χ4n) is 3.04. The van der Waals surface area contributed by atoms with Crippen molar-refractivity contribution in [3.8, 4) is 5.75 Å². The fourth-order valence-corrected chi connectivity index (χ4v) is 3.04. The Hall–Kier alpha value is -2.63. The van der Waals surface area contributed by atoms with Gasteiger partial charge in [-0.05, 0) is 51.1 Å². The van der Waals surface area contributed by atoms with Gasteiger partial charge < -0.3 is 4.74 Å². The molecule has 126 valence electrons. The van der Waals surface area contributed by atoms with E-state index in [9.17, 15) is 9.59 Å². The van der Waals surface area contributed by atoms with E-state index in [-0.39, 0.29) is 24.2 Å². The third-order valence-electron chi connectivity index (χ3n) is 4.14. The maximum atomic E-state index is 12.7. The lowest BCUT2D eigenvalue weighted by Gasteiger charge is -2.16. The Morgan fingerprint density at radius 3 is 2.50 bits per heavy atom. The number of hydrogen-bond acceptors (Lipinski definition) is 4. The highest BCUT2D eigenvalue weighted by Gasteiger charge is 2.39. The zero-order valence-corrected chi connectivity index (χ0v) is 14.2. The molecule has 1 aromatic carbocycles. The molecule has 0 bridgehead atoms. The van der Waals surface area contributed by atoms with Crippen molar-refractivity contribution >= 4 is 17.5 Å². The number of nitrogens with zero attached hydrogens (tertiary/aromatic N) is 3. The second-order valence-electron chi connectivity index (χ2n) is 6.00. The van der Waals surface area contributed by atoms with E-state index in [1.165, 1.54) is 4.90 Å². The molecule has 0 aliphatic carbocycles. The molecule has 1 saturated heterocycles. The topological polar surface area (TPSA) is 64.4 Å². The van der Waals surface area contributed by atoms with Gasteiger partial charge in [0.15, 0.2) is 0 Å². The third kappa shape index (κ3) is 3.04. The molecule has 1 fully saturated rings. The van der Waals surface area contributed by atoms with Gasteiger partial charge in [0.25, 0.3) is 0 Å². The van der Waals surface area contributed by atoms with Crippen molar-refractivity contribution in [1.29, 1.82) is 0 Å². The summed E-state index contributed by atoms with van der Waals surface area (Å²) in [6, 6.07) is 8.99. The molecule has 0 spiro atoms. The van der Waals surface area contributed by atoms with Crippen molar-refractivity contribution < 1.29 is 14.3 Å². The molecule has 1 unspecified atom stereocenters. The van der Waals surface area contributed by atoms with Gasteiger partial charge in [-0.15, -0.1) is 0 Å². The minimum atomic E-state index is -0.373. The van der Waals surface area contributed by atoms with Crippen molar-refractivity contribution in [3.05, 3.63) is 41.7 Å². The Labute approximate surface area is 141 Å². The molecule has 0 N–H and O–H groups in total. The van der Waals surface area contributed by atoms with Crippen LogP contribution in [0.5, 0.6) is 5.75 Å². The number of carbonyl (C=O) groups is 2. The molecule has 2 heterocycles. The average molecular weight is 327 g/mol. The highest BCUT2D eigenvalue weighted by atomic mass is 16.5. The van der Waals surface area contributed by atoms with Crippen molar-refractivity contribution in [2.45, 2.75) is 33.7 Å². The van der Waals surface area contributed by atoms with E-state index >= 15 is 0 Å². The van der Waals surface area contributed by atoms with Crippen LogP contribution in [0.2, 0.25) is 0 Å². The summed E-state index contributed by atoms with van der Waals surface area (Å²) in [6.07, 6.45) is 0.213. The number of rotatable bonds is 5. The molecule has 6 heteroatoms. The number of amides is 2. The molecule has 24 heavy (non-hydrogen) atoms. The van der Waals surface area contributed by atoms with Crippen LogP contribution in [-0.2, 0) is 16.1 Å². The molecule has 2 aromatic rings. The van der Waals surface area contributed by atoms with Crippen LogP contribution in [0.1, 0.15) is 24.7 Å². The van der Waals surface area contributed by atoms with Crippen molar-refractivity contribution in [2.75, 3.05) is 11.5 Å². The molecule has 1 aliphatic rings. The smallest absolute Gasteiger partial charge is 0.239 e. The molecule has 1 atom stereocenters. The lowest BCUT2D eigenvalue weighted by Crippen LogP contribution is -2.31. The predicted octanol–water partition coefficient (Wildman–Crippen LogP) is 2.48. The molecule has 0 radical (unpaired) electrons. The SMILES string of the molecule is CCOc1ccc(N2C(=O)CC(Cn3nc(C)cc3C)C2=O)cc1. The van der Waals surface area contributed by atoms with Gasteiger partial charge in [0.1, 0.15) is 5.75 Å². The van der Waals surface area contributed by atoms with Gasteiger partial charge in [-0.3, -0.25) is 19.2 Å². The van der Waals surface area contributed by atoms with Gasteiger partial charge in [-0.1, -0.05) is 0 Å². The van der Waals surface area contributed by atoms with E-state index in [1.807, 2.05) is 26.8 Å². The summed E-state index contributed by atoms with van der Waals surface area (Å²) >= 11 is 0. The van der Waals surface area contributed by atoms with Crippen LogP contribution in [0.25, 0.3) is 0 Å². The normalized spacial score (nSPS) is 17.6. The Morgan fingerprint density at radius 2 is 1.92 bits per heavy atom. The monoisotopic (exact) mass is 327 g/mol. The Bertz CT molecular complexity index is 764. The van der Waals surface area contributed by atoms with E-state index in [0.717, 1.165) is 17.1 Å². The summed E-state index contributed by atoms with van der Waals surface area (Å²) in [5.74, 6) is 0.00834. The summed E-state index contributed by atoms with van der Waals surface area (Å²) in [5.41, 5.74) is 2.49. The molecular formula is C18H21N3O3. The zero-order chi connectivity index (χ0) is 17.3. The summed E-state index contributed by atoms with van der Waals surface area (Å²) < 4.78 is 7.19. The van der Waals surface area contributed by atoms with Crippen LogP contribution in [0.3, 0.4) is 0 Å². The van der Waals surface area contributed by atoms with Gasteiger partial charge in [0.05, 0.1) is 30.5 Å². The fraction of sp³-hybridized carbons (Fsp3) is 0.389. The second kappa shape index (κ2) is 6.47.